The lowest BCUT2D eigenvalue weighted by Crippen LogP contribution is -2.36. The number of imidazole rings is 1. The predicted octanol–water partition coefficient (Wildman–Crippen LogP) is 0.965. The van der Waals surface area contributed by atoms with Crippen molar-refractivity contribution in [3.63, 3.8) is 0 Å². The van der Waals surface area contributed by atoms with Gasteiger partial charge in [0.05, 0.1) is 5.92 Å². The summed E-state index contributed by atoms with van der Waals surface area (Å²) in [6.07, 6.45) is 3.58. The lowest BCUT2D eigenvalue weighted by Gasteiger charge is -2.17. The van der Waals surface area contributed by atoms with Gasteiger partial charge >= 0.3 is 0 Å². The fourth-order valence-electron chi connectivity index (χ4n) is 1.92. The molecule has 3 N–H and O–H groups in total. The van der Waals surface area contributed by atoms with Crippen LogP contribution in [0.25, 0.3) is 0 Å². The second kappa shape index (κ2) is 5.46. The van der Waals surface area contributed by atoms with Crippen molar-refractivity contribution in [2.45, 2.75) is 19.4 Å². The molecule has 0 aliphatic carbocycles. The molecule has 1 atom stereocenters. The normalized spacial score (nSPS) is 12.1. The van der Waals surface area contributed by atoms with E-state index in [2.05, 4.69) is 10.4 Å². The molecule has 94 valence electrons. The van der Waals surface area contributed by atoms with Crippen molar-refractivity contribution in [2.24, 2.45) is 5.84 Å². The van der Waals surface area contributed by atoms with Gasteiger partial charge in [0.25, 0.3) is 0 Å². The van der Waals surface area contributed by atoms with E-state index in [1.54, 1.807) is 6.20 Å². The summed E-state index contributed by atoms with van der Waals surface area (Å²) in [5.41, 5.74) is 3.16. The van der Waals surface area contributed by atoms with E-state index in [4.69, 9.17) is 5.84 Å². The highest BCUT2D eigenvalue weighted by Crippen LogP contribution is 2.18. The Labute approximate surface area is 106 Å². The van der Waals surface area contributed by atoms with Crippen LogP contribution in [0.4, 0.5) is 0 Å². The van der Waals surface area contributed by atoms with Gasteiger partial charge in [-0.1, -0.05) is 30.3 Å². The van der Waals surface area contributed by atoms with Gasteiger partial charge < -0.3 is 4.57 Å². The fourth-order valence-corrected chi connectivity index (χ4v) is 1.92. The van der Waals surface area contributed by atoms with Gasteiger partial charge in [0.15, 0.2) is 0 Å². The van der Waals surface area contributed by atoms with E-state index >= 15 is 0 Å². The number of carbonyl (C=O) groups excluding carboxylic acids is 1. The maximum absolute atomic E-state index is 11.9. The first-order valence-electron chi connectivity index (χ1n) is 5.75. The quantitative estimate of drug-likeness (QED) is 0.478. The number of aromatic nitrogens is 2. The SMILES string of the molecule is Cc1nccn1CC(C(=O)NN)c1ccccc1. The number of amides is 1. The molecular formula is C13H16N4O. The summed E-state index contributed by atoms with van der Waals surface area (Å²) < 4.78 is 1.94. The van der Waals surface area contributed by atoms with Crippen molar-refractivity contribution >= 4 is 5.91 Å². The van der Waals surface area contributed by atoms with E-state index in [-0.39, 0.29) is 11.8 Å². The van der Waals surface area contributed by atoms with Crippen LogP contribution in [0, 0.1) is 6.92 Å². The number of nitrogens with zero attached hydrogens (tertiary/aromatic N) is 2. The molecule has 0 spiro atoms. The molecule has 0 fully saturated rings. The molecule has 1 aromatic carbocycles. The molecule has 1 amide bonds. The van der Waals surface area contributed by atoms with Crippen LogP contribution in [0.2, 0.25) is 0 Å². The summed E-state index contributed by atoms with van der Waals surface area (Å²) in [5.74, 6) is 5.61. The molecule has 18 heavy (non-hydrogen) atoms. The van der Waals surface area contributed by atoms with Gasteiger partial charge in [0.1, 0.15) is 5.82 Å². The lowest BCUT2D eigenvalue weighted by molar-refractivity contribution is -0.122. The van der Waals surface area contributed by atoms with Crippen molar-refractivity contribution in [3.8, 4) is 0 Å². The van der Waals surface area contributed by atoms with Crippen molar-refractivity contribution in [2.75, 3.05) is 0 Å². The summed E-state index contributed by atoms with van der Waals surface area (Å²) in [6.45, 7) is 2.43. The number of carbonyl (C=O) groups is 1. The molecule has 2 aromatic rings. The topological polar surface area (TPSA) is 72.9 Å². The van der Waals surface area contributed by atoms with Gasteiger partial charge in [0, 0.05) is 18.9 Å². The number of nitrogens with one attached hydrogen (secondary N) is 1. The average Bonchev–Trinajstić information content (AvgIpc) is 2.81. The highest BCUT2D eigenvalue weighted by atomic mass is 16.2. The Morgan fingerprint density at radius 2 is 2.17 bits per heavy atom. The Balaban J connectivity index is 2.27. The largest absolute Gasteiger partial charge is 0.334 e. The van der Waals surface area contributed by atoms with Gasteiger partial charge in [0.2, 0.25) is 5.91 Å². The summed E-state index contributed by atoms with van der Waals surface area (Å²) in [4.78, 5) is 16.0. The summed E-state index contributed by atoms with van der Waals surface area (Å²) in [5, 5.41) is 0. The third-order valence-electron chi connectivity index (χ3n) is 2.96. The maximum Gasteiger partial charge on any atom is 0.243 e. The van der Waals surface area contributed by atoms with E-state index in [9.17, 15) is 4.79 Å². The Kier molecular flexibility index (Phi) is 3.74. The number of nitrogens with two attached hydrogens (primary N) is 1. The monoisotopic (exact) mass is 244 g/mol. The zero-order valence-corrected chi connectivity index (χ0v) is 10.2. The first-order chi connectivity index (χ1) is 8.72. The van der Waals surface area contributed by atoms with Crippen LogP contribution >= 0.6 is 0 Å². The minimum atomic E-state index is -0.316. The number of hydrazine groups is 1. The Morgan fingerprint density at radius 3 is 2.72 bits per heavy atom. The highest BCUT2D eigenvalue weighted by Gasteiger charge is 2.20. The third-order valence-corrected chi connectivity index (χ3v) is 2.96. The minimum Gasteiger partial charge on any atom is -0.334 e. The van der Waals surface area contributed by atoms with Gasteiger partial charge in [-0.3, -0.25) is 10.2 Å². The third kappa shape index (κ3) is 2.57. The van der Waals surface area contributed by atoms with Gasteiger partial charge in [-0.2, -0.15) is 0 Å². The molecule has 0 aliphatic rings. The lowest BCUT2D eigenvalue weighted by atomic mass is 9.98. The van der Waals surface area contributed by atoms with Crippen molar-refractivity contribution in [3.05, 3.63) is 54.1 Å². The Hall–Kier alpha value is -2.14. The van der Waals surface area contributed by atoms with E-state index in [0.29, 0.717) is 6.54 Å². The number of rotatable bonds is 4. The first kappa shape index (κ1) is 12.3. The molecule has 0 aliphatic heterocycles. The second-order valence-corrected chi connectivity index (χ2v) is 4.10. The summed E-state index contributed by atoms with van der Waals surface area (Å²) in [7, 11) is 0. The van der Waals surface area contributed by atoms with E-state index < -0.39 is 0 Å². The highest BCUT2D eigenvalue weighted by molar-refractivity contribution is 5.82. The number of benzene rings is 1. The molecular weight excluding hydrogens is 228 g/mol. The molecule has 0 saturated carbocycles. The summed E-state index contributed by atoms with van der Waals surface area (Å²) in [6, 6.07) is 9.58. The fraction of sp³-hybridized carbons (Fsp3) is 0.231. The molecule has 1 unspecified atom stereocenters. The average molecular weight is 244 g/mol. The number of hydrogen-bond donors (Lipinski definition) is 2. The van der Waals surface area contributed by atoms with Gasteiger partial charge in [-0.15, -0.1) is 0 Å². The van der Waals surface area contributed by atoms with Crippen LogP contribution in [0.3, 0.4) is 0 Å². The zero-order valence-electron chi connectivity index (χ0n) is 10.2. The van der Waals surface area contributed by atoms with Crippen molar-refractivity contribution in [1.29, 1.82) is 0 Å². The van der Waals surface area contributed by atoms with Crippen molar-refractivity contribution < 1.29 is 4.79 Å². The molecule has 0 radical (unpaired) electrons. The number of aryl methyl sites for hydroxylation is 1. The molecule has 0 saturated heterocycles. The second-order valence-electron chi connectivity index (χ2n) is 4.10. The maximum atomic E-state index is 11.9. The molecule has 1 aromatic heterocycles. The molecule has 5 nitrogen and oxygen atoms in total. The standard InChI is InChI=1S/C13H16N4O/c1-10-15-7-8-17(10)9-12(13(18)16-14)11-5-3-2-4-6-11/h2-8,12H,9,14H2,1H3,(H,16,18). The Bertz CT molecular complexity index is 521. The zero-order chi connectivity index (χ0) is 13.0. The van der Waals surface area contributed by atoms with Crippen LogP contribution in [-0.2, 0) is 11.3 Å². The molecule has 2 rings (SSSR count). The van der Waals surface area contributed by atoms with Crippen LogP contribution in [0.15, 0.2) is 42.7 Å². The molecule has 1 heterocycles. The predicted molar refractivity (Wildman–Crippen MR) is 68.5 cm³/mol. The number of hydrogen-bond acceptors (Lipinski definition) is 3. The smallest absolute Gasteiger partial charge is 0.243 e. The van der Waals surface area contributed by atoms with E-state index in [0.717, 1.165) is 11.4 Å². The van der Waals surface area contributed by atoms with Crippen LogP contribution in [0.1, 0.15) is 17.3 Å². The molecule has 5 heteroatoms. The van der Waals surface area contributed by atoms with E-state index in [1.165, 1.54) is 0 Å². The van der Waals surface area contributed by atoms with Crippen LogP contribution in [-0.4, -0.2) is 15.5 Å². The first-order valence-corrected chi connectivity index (χ1v) is 5.75. The van der Waals surface area contributed by atoms with Crippen LogP contribution in [0.5, 0.6) is 0 Å². The summed E-state index contributed by atoms with van der Waals surface area (Å²) >= 11 is 0. The van der Waals surface area contributed by atoms with Crippen molar-refractivity contribution in [1.82, 2.24) is 15.0 Å². The van der Waals surface area contributed by atoms with Gasteiger partial charge in [-0.25, -0.2) is 10.8 Å². The minimum absolute atomic E-state index is 0.200. The van der Waals surface area contributed by atoms with Crippen LogP contribution < -0.4 is 11.3 Å². The Morgan fingerprint density at radius 1 is 1.44 bits per heavy atom. The van der Waals surface area contributed by atoms with E-state index in [1.807, 2.05) is 48.0 Å². The van der Waals surface area contributed by atoms with Gasteiger partial charge in [-0.05, 0) is 12.5 Å². The molecule has 0 bridgehead atoms.